The van der Waals surface area contributed by atoms with E-state index in [0.717, 1.165) is 24.2 Å². The van der Waals surface area contributed by atoms with Crippen LogP contribution in [-0.4, -0.2) is 16.6 Å². The van der Waals surface area contributed by atoms with Crippen molar-refractivity contribution in [3.63, 3.8) is 0 Å². The van der Waals surface area contributed by atoms with Crippen LogP contribution in [0, 0.1) is 0 Å². The van der Waals surface area contributed by atoms with E-state index in [1.54, 1.807) is 0 Å². The normalized spacial score (nSPS) is 12.0. The van der Waals surface area contributed by atoms with E-state index in [1.165, 1.54) is 11.1 Å². The Hall–Kier alpha value is -2.49. The zero-order valence-electron chi connectivity index (χ0n) is 13.6. The standard InChI is InChI=1S/C21H22N2O/c24-16-18-11-9-17(10-12-18)13-15-23-21(19-6-2-1-3-7-19)20-8-4-5-14-22-20/h1-12,14,21,23-24H,13,15-16H2. The number of hydrogen-bond acceptors (Lipinski definition) is 3. The lowest BCUT2D eigenvalue weighted by atomic mass is 10.0. The van der Waals surface area contributed by atoms with Gasteiger partial charge in [-0.15, -0.1) is 0 Å². The van der Waals surface area contributed by atoms with Crippen LogP contribution < -0.4 is 5.32 Å². The van der Waals surface area contributed by atoms with Gasteiger partial charge in [-0.1, -0.05) is 60.7 Å². The highest BCUT2D eigenvalue weighted by Gasteiger charge is 2.13. The highest BCUT2D eigenvalue weighted by atomic mass is 16.3. The molecular formula is C21H22N2O. The first-order valence-electron chi connectivity index (χ1n) is 8.25. The Morgan fingerprint density at radius 2 is 1.54 bits per heavy atom. The van der Waals surface area contributed by atoms with E-state index in [-0.39, 0.29) is 12.6 Å². The lowest BCUT2D eigenvalue weighted by Crippen LogP contribution is -2.25. The maximum Gasteiger partial charge on any atom is 0.0751 e. The summed E-state index contributed by atoms with van der Waals surface area (Å²) in [7, 11) is 0. The third kappa shape index (κ3) is 4.28. The summed E-state index contributed by atoms with van der Waals surface area (Å²) < 4.78 is 0. The van der Waals surface area contributed by atoms with Crippen molar-refractivity contribution in [2.24, 2.45) is 0 Å². The number of benzene rings is 2. The van der Waals surface area contributed by atoms with Crippen LogP contribution in [0.2, 0.25) is 0 Å². The predicted octanol–water partition coefficient (Wildman–Crippen LogP) is 3.50. The minimum Gasteiger partial charge on any atom is -0.392 e. The van der Waals surface area contributed by atoms with Crippen LogP contribution in [0.4, 0.5) is 0 Å². The average Bonchev–Trinajstić information content (AvgIpc) is 2.67. The molecule has 2 N–H and O–H groups in total. The first-order valence-corrected chi connectivity index (χ1v) is 8.25. The largest absolute Gasteiger partial charge is 0.392 e. The zero-order valence-corrected chi connectivity index (χ0v) is 13.6. The molecule has 1 atom stereocenters. The molecule has 1 unspecified atom stereocenters. The zero-order chi connectivity index (χ0) is 16.6. The molecule has 1 aromatic heterocycles. The lowest BCUT2D eigenvalue weighted by Gasteiger charge is -2.19. The Kier molecular flexibility index (Phi) is 5.72. The van der Waals surface area contributed by atoms with E-state index in [2.05, 4.69) is 52.8 Å². The van der Waals surface area contributed by atoms with Gasteiger partial charge in [0.15, 0.2) is 0 Å². The van der Waals surface area contributed by atoms with Crippen molar-refractivity contribution in [1.82, 2.24) is 10.3 Å². The molecule has 0 saturated carbocycles. The van der Waals surface area contributed by atoms with Crippen molar-refractivity contribution in [2.45, 2.75) is 19.1 Å². The molecule has 0 amide bonds. The second-order valence-corrected chi connectivity index (χ2v) is 5.78. The molecule has 1 heterocycles. The molecule has 3 rings (SSSR count). The van der Waals surface area contributed by atoms with Crippen molar-refractivity contribution in [2.75, 3.05) is 6.54 Å². The molecule has 2 aromatic carbocycles. The van der Waals surface area contributed by atoms with Crippen molar-refractivity contribution in [1.29, 1.82) is 0 Å². The van der Waals surface area contributed by atoms with Gasteiger partial charge in [0.05, 0.1) is 18.3 Å². The summed E-state index contributed by atoms with van der Waals surface area (Å²) in [6.07, 6.45) is 2.77. The van der Waals surface area contributed by atoms with E-state index in [1.807, 2.05) is 36.5 Å². The summed E-state index contributed by atoms with van der Waals surface area (Å²) in [6, 6.07) is 24.6. The Morgan fingerprint density at radius 3 is 2.21 bits per heavy atom. The third-order valence-corrected chi connectivity index (χ3v) is 4.08. The van der Waals surface area contributed by atoms with Gasteiger partial charge >= 0.3 is 0 Å². The molecule has 122 valence electrons. The second-order valence-electron chi connectivity index (χ2n) is 5.78. The number of nitrogens with zero attached hydrogens (tertiary/aromatic N) is 1. The third-order valence-electron chi connectivity index (χ3n) is 4.08. The molecule has 3 aromatic rings. The molecule has 0 bridgehead atoms. The van der Waals surface area contributed by atoms with Crippen molar-refractivity contribution in [3.8, 4) is 0 Å². The monoisotopic (exact) mass is 318 g/mol. The highest BCUT2D eigenvalue weighted by Crippen LogP contribution is 2.19. The van der Waals surface area contributed by atoms with Crippen molar-refractivity contribution >= 4 is 0 Å². The van der Waals surface area contributed by atoms with Crippen molar-refractivity contribution < 1.29 is 5.11 Å². The van der Waals surface area contributed by atoms with Gasteiger partial charge in [0.1, 0.15) is 0 Å². The quantitative estimate of drug-likeness (QED) is 0.701. The highest BCUT2D eigenvalue weighted by molar-refractivity contribution is 5.28. The van der Waals surface area contributed by atoms with Crippen molar-refractivity contribution in [3.05, 3.63) is 101 Å². The van der Waals surface area contributed by atoms with Crippen LogP contribution >= 0.6 is 0 Å². The molecule has 0 radical (unpaired) electrons. The van der Waals surface area contributed by atoms with E-state index in [0.29, 0.717) is 0 Å². The molecule has 0 spiro atoms. The van der Waals surface area contributed by atoms with Gasteiger partial charge in [-0.3, -0.25) is 4.98 Å². The summed E-state index contributed by atoms with van der Waals surface area (Å²) >= 11 is 0. The average molecular weight is 318 g/mol. The summed E-state index contributed by atoms with van der Waals surface area (Å²) in [5.41, 5.74) is 4.45. The van der Waals surface area contributed by atoms with Gasteiger partial charge in [0.25, 0.3) is 0 Å². The van der Waals surface area contributed by atoms with Crippen LogP contribution in [0.5, 0.6) is 0 Å². The molecule has 0 fully saturated rings. The van der Waals surface area contributed by atoms with E-state index < -0.39 is 0 Å². The number of pyridine rings is 1. The molecule has 3 heteroatoms. The fourth-order valence-corrected chi connectivity index (χ4v) is 2.76. The van der Waals surface area contributed by atoms with Gasteiger partial charge in [-0.2, -0.15) is 0 Å². The molecule has 0 aliphatic rings. The first kappa shape index (κ1) is 16.4. The molecule has 3 nitrogen and oxygen atoms in total. The van der Waals surface area contributed by atoms with Gasteiger partial charge < -0.3 is 10.4 Å². The molecule has 0 aliphatic heterocycles. The molecule has 24 heavy (non-hydrogen) atoms. The first-order chi connectivity index (χ1) is 11.9. The van der Waals surface area contributed by atoms with Crippen LogP contribution in [0.25, 0.3) is 0 Å². The lowest BCUT2D eigenvalue weighted by molar-refractivity contribution is 0.282. The SMILES string of the molecule is OCc1ccc(CCNC(c2ccccc2)c2ccccn2)cc1. The van der Waals surface area contributed by atoms with Gasteiger partial charge in [0.2, 0.25) is 0 Å². The number of nitrogens with one attached hydrogen (secondary N) is 1. The topological polar surface area (TPSA) is 45.1 Å². The van der Waals surface area contributed by atoms with E-state index in [4.69, 9.17) is 5.11 Å². The Balaban J connectivity index is 1.68. The smallest absolute Gasteiger partial charge is 0.0751 e. The second kappa shape index (κ2) is 8.39. The summed E-state index contributed by atoms with van der Waals surface area (Å²) in [5.74, 6) is 0. The molecule has 0 saturated heterocycles. The summed E-state index contributed by atoms with van der Waals surface area (Å²) in [5, 5.41) is 12.7. The summed E-state index contributed by atoms with van der Waals surface area (Å²) in [6.45, 7) is 0.947. The minimum atomic E-state index is 0.0871. The fraction of sp³-hybridized carbons (Fsp3) is 0.190. The fourth-order valence-electron chi connectivity index (χ4n) is 2.76. The van der Waals surface area contributed by atoms with E-state index in [9.17, 15) is 0 Å². The number of aliphatic hydroxyl groups excluding tert-OH is 1. The van der Waals surface area contributed by atoms with Gasteiger partial charge in [-0.25, -0.2) is 0 Å². The Labute approximate surface area is 143 Å². The maximum absolute atomic E-state index is 9.11. The Bertz CT molecular complexity index is 687. The van der Waals surface area contributed by atoms with Crippen LogP contribution in [-0.2, 0) is 13.0 Å². The van der Waals surface area contributed by atoms with Crippen LogP contribution in [0.1, 0.15) is 28.4 Å². The number of rotatable bonds is 7. The minimum absolute atomic E-state index is 0.0871. The maximum atomic E-state index is 9.11. The van der Waals surface area contributed by atoms with Gasteiger partial charge in [-0.05, 0) is 35.2 Å². The number of aromatic nitrogens is 1. The van der Waals surface area contributed by atoms with Crippen LogP contribution in [0.15, 0.2) is 79.0 Å². The summed E-state index contributed by atoms with van der Waals surface area (Å²) in [4.78, 5) is 4.51. The number of aliphatic hydroxyl groups is 1. The van der Waals surface area contributed by atoms with E-state index >= 15 is 0 Å². The van der Waals surface area contributed by atoms with Gasteiger partial charge in [0, 0.05) is 12.7 Å². The molecule has 0 aliphatic carbocycles. The Morgan fingerprint density at radius 1 is 0.833 bits per heavy atom. The number of hydrogen-bond donors (Lipinski definition) is 2. The molecular weight excluding hydrogens is 296 g/mol. The van der Waals surface area contributed by atoms with Crippen LogP contribution in [0.3, 0.4) is 0 Å². The predicted molar refractivity (Wildman–Crippen MR) is 96.6 cm³/mol.